The molecule has 0 aromatic heterocycles. The van der Waals surface area contributed by atoms with Gasteiger partial charge in [-0.15, -0.1) is 18.2 Å². The lowest BCUT2D eigenvalue weighted by Crippen LogP contribution is -2.33. The van der Waals surface area contributed by atoms with E-state index in [-0.39, 0.29) is 15.7 Å². The first-order valence-electron chi connectivity index (χ1n) is 8.31. The lowest BCUT2D eigenvalue weighted by atomic mass is 9.76. The number of fused-ring (bicyclic) bond motifs is 1. The molecule has 0 spiro atoms. The molecule has 2 aromatic rings. The average molecular weight is 350 g/mol. The minimum atomic E-state index is -0.996. The molecule has 0 radical (unpaired) electrons. The molecule has 0 amide bonds. The van der Waals surface area contributed by atoms with Crippen molar-refractivity contribution in [1.82, 2.24) is 0 Å². The van der Waals surface area contributed by atoms with Crippen molar-refractivity contribution < 1.29 is 9.90 Å². The summed E-state index contributed by atoms with van der Waals surface area (Å²) in [5, 5.41) is 9.23. The Morgan fingerprint density at radius 3 is 2.40 bits per heavy atom. The quantitative estimate of drug-likeness (QED) is 0.718. The first-order chi connectivity index (χ1) is 11.6. The van der Waals surface area contributed by atoms with Crippen molar-refractivity contribution >= 4 is 17.7 Å². The van der Waals surface area contributed by atoms with Gasteiger partial charge < -0.3 is 5.11 Å². The second-order valence-electron chi connectivity index (χ2n) is 7.84. The number of hydrogen-bond acceptors (Lipinski definition) is 2. The van der Waals surface area contributed by atoms with Gasteiger partial charge in [0.25, 0.3) is 0 Å². The third-order valence-corrected chi connectivity index (χ3v) is 5.96. The second kappa shape index (κ2) is 5.97. The maximum absolute atomic E-state index is 11.3. The highest BCUT2D eigenvalue weighted by Crippen LogP contribution is 2.51. The molecule has 0 bridgehead atoms. The van der Waals surface area contributed by atoms with Crippen LogP contribution in [0.4, 0.5) is 0 Å². The SMILES string of the molecule is C#Cc1cc(-c2ccc3c(c2)SC(C)(C)CC3(C)C)ccc1C(=O)O. The zero-order valence-corrected chi connectivity index (χ0v) is 15.8. The van der Waals surface area contributed by atoms with E-state index >= 15 is 0 Å². The third-order valence-electron chi connectivity index (χ3n) is 4.70. The summed E-state index contributed by atoms with van der Waals surface area (Å²) in [6.07, 6.45) is 6.63. The van der Waals surface area contributed by atoms with Gasteiger partial charge in [-0.05, 0) is 46.7 Å². The summed E-state index contributed by atoms with van der Waals surface area (Å²) >= 11 is 1.91. The standard InChI is InChI=1S/C22H22O2S/c1-6-14-11-15(7-9-17(14)20(23)24)16-8-10-18-19(12-16)25-22(4,5)13-21(18,2)3/h1,7-12H,13H2,2-5H3,(H,23,24). The van der Waals surface area contributed by atoms with E-state index in [1.54, 1.807) is 12.1 Å². The van der Waals surface area contributed by atoms with Crippen molar-refractivity contribution in [2.75, 3.05) is 0 Å². The van der Waals surface area contributed by atoms with E-state index in [0.717, 1.165) is 17.5 Å². The molecule has 0 unspecified atom stereocenters. The van der Waals surface area contributed by atoms with Gasteiger partial charge in [-0.1, -0.05) is 51.8 Å². The summed E-state index contributed by atoms with van der Waals surface area (Å²) < 4.78 is 0.187. The molecule has 0 aliphatic carbocycles. The Labute approximate surface area is 153 Å². The van der Waals surface area contributed by atoms with Crippen LogP contribution < -0.4 is 0 Å². The molecule has 1 heterocycles. The van der Waals surface area contributed by atoms with Gasteiger partial charge in [0.15, 0.2) is 0 Å². The van der Waals surface area contributed by atoms with Gasteiger partial charge in [0.1, 0.15) is 0 Å². The second-order valence-corrected chi connectivity index (χ2v) is 9.59. The Hall–Kier alpha value is -2.18. The molecule has 2 aromatic carbocycles. The Morgan fingerprint density at radius 2 is 1.76 bits per heavy atom. The Bertz CT molecular complexity index is 901. The van der Waals surface area contributed by atoms with E-state index in [1.165, 1.54) is 10.5 Å². The van der Waals surface area contributed by atoms with E-state index in [9.17, 15) is 9.90 Å². The number of terminal acetylenes is 1. The molecule has 0 atom stereocenters. The first kappa shape index (κ1) is 17.6. The third kappa shape index (κ3) is 3.32. The molecule has 25 heavy (non-hydrogen) atoms. The minimum absolute atomic E-state index is 0.139. The number of carboxylic acids is 1. The normalized spacial score (nSPS) is 17.4. The molecule has 0 saturated heterocycles. The van der Waals surface area contributed by atoms with Gasteiger partial charge in [-0.2, -0.15) is 0 Å². The van der Waals surface area contributed by atoms with Crippen LogP contribution >= 0.6 is 11.8 Å². The van der Waals surface area contributed by atoms with Crippen LogP contribution in [0.25, 0.3) is 11.1 Å². The maximum atomic E-state index is 11.3. The highest BCUT2D eigenvalue weighted by molar-refractivity contribution is 8.00. The number of benzene rings is 2. The molecule has 3 rings (SSSR count). The van der Waals surface area contributed by atoms with Gasteiger partial charge in [0.2, 0.25) is 0 Å². The van der Waals surface area contributed by atoms with E-state index < -0.39 is 5.97 Å². The fourth-order valence-corrected chi connectivity index (χ4v) is 5.54. The van der Waals surface area contributed by atoms with Crippen LogP contribution in [0.3, 0.4) is 0 Å². The molecular formula is C22H22O2S. The summed E-state index contributed by atoms with van der Waals surface area (Å²) in [7, 11) is 0. The van der Waals surface area contributed by atoms with Crippen molar-refractivity contribution in [3.8, 4) is 23.5 Å². The minimum Gasteiger partial charge on any atom is -0.478 e. The summed E-state index contributed by atoms with van der Waals surface area (Å²) in [4.78, 5) is 12.6. The smallest absolute Gasteiger partial charge is 0.336 e. The molecule has 0 saturated carbocycles. The largest absolute Gasteiger partial charge is 0.478 e. The van der Waals surface area contributed by atoms with Crippen molar-refractivity contribution in [3.05, 3.63) is 53.1 Å². The lowest BCUT2D eigenvalue weighted by Gasteiger charge is -2.41. The Kier molecular flexibility index (Phi) is 4.21. The van der Waals surface area contributed by atoms with E-state index in [2.05, 4.69) is 51.8 Å². The molecule has 1 aliphatic rings. The van der Waals surface area contributed by atoms with Gasteiger partial charge in [0, 0.05) is 15.2 Å². The van der Waals surface area contributed by atoms with Crippen LogP contribution in [0.5, 0.6) is 0 Å². The Balaban J connectivity index is 2.09. The van der Waals surface area contributed by atoms with Crippen LogP contribution in [-0.2, 0) is 5.41 Å². The maximum Gasteiger partial charge on any atom is 0.336 e. The molecule has 0 fully saturated rings. The summed E-state index contributed by atoms with van der Waals surface area (Å²) in [5.74, 6) is 1.49. The monoisotopic (exact) mass is 350 g/mol. The lowest BCUT2D eigenvalue weighted by molar-refractivity contribution is 0.0696. The van der Waals surface area contributed by atoms with Crippen LogP contribution in [0.15, 0.2) is 41.3 Å². The highest BCUT2D eigenvalue weighted by atomic mass is 32.2. The van der Waals surface area contributed by atoms with Crippen LogP contribution in [0, 0.1) is 12.3 Å². The number of carbonyl (C=O) groups is 1. The number of thioether (sulfide) groups is 1. The molecule has 1 N–H and O–H groups in total. The molecule has 128 valence electrons. The number of rotatable bonds is 2. The summed E-state index contributed by atoms with van der Waals surface area (Å²) in [5.41, 5.74) is 4.10. The zero-order valence-electron chi connectivity index (χ0n) is 15.0. The molecule has 2 nitrogen and oxygen atoms in total. The fraction of sp³-hybridized carbons (Fsp3) is 0.318. The Morgan fingerprint density at radius 1 is 1.12 bits per heavy atom. The molecular weight excluding hydrogens is 328 g/mol. The van der Waals surface area contributed by atoms with Crippen LogP contribution in [0.1, 0.15) is 55.6 Å². The van der Waals surface area contributed by atoms with E-state index in [1.807, 2.05) is 17.8 Å². The van der Waals surface area contributed by atoms with Gasteiger partial charge >= 0.3 is 5.97 Å². The number of aromatic carboxylic acids is 1. The average Bonchev–Trinajstić information content (AvgIpc) is 2.51. The van der Waals surface area contributed by atoms with Gasteiger partial charge in [0.05, 0.1) is 5.56 Å². The fourth-order valence-electron chi connectivity index (χ4n) is 3.87. The van der Waals surface area contributed by atoms with Gasteiger partial charge in [-0.25, -0.2) is 4.79 Å². The molecule has 3 heteroatoms. The van der Waals surface area contributed by atoms with E-state index in [4.69, 9.17) is 6.42 Å². The topological polar surface area (TPSA) is 37.3 Å². The van der Waals surface area contributed by atoms with Crippen molar-refractivity contribution in [2.45, 2.75) is 49.2 Å². The summed E-state index contributed by atoms with van der Waals surface area (Å²) in [6, 6.07) is 11.7. The van der Waals surface area contributed by atoms with Gasteiger partial charge in [-0.3, -0.25) is 0 Å². The number of carboxylic acid groups (broad SMARTS) is 1. The first-order valence-corrected chi connectivity index (χ1v) is 9.12. The number of hydrogen-bond donors (Lipinski definition) is 1. The van der Waals surface area contributed by atoms with Crippen LogP contribution in [-0.4, -0.2) is 15.8 Å². The predicted molar refractivity (Wildman–Crippen MR) is 104 cm³/mol. The van der Waals surface area contributed by atoms with Crippen molar-refractivity contribution in [3.63, 3.8) is 0 Å². The van der Waals surface area contributed by atoms with Crippen LogP contribution in [0.2, 0.25) is 0 Å². The van der Waals surface area contributed by atoms with E-state index in [0.29, 0.717) is 5.56 Å². The zero-order chi connectivity index (χ0) is 18.4. The highest BCUT2D eigenvalue weighted by Gasteiger charge is 2.38. The molecule has 1 aliphatic heterocycles. The van der Waals surface area contributed by atoms with Crippen molar-refractivity contribution in [1.29, 1.82) is 0 Å². The summed E-state index contributed by atoms with van der Waals surface area (Å²) in [6.45, 7) is 9.16. The van der Waals surface area contributed by atoms with Crippen molar-refractivity contribution in [2.24, 2.45) is 0 Å². The predicted octanol–water partition coefficient (Wildman–Crippen LogP) is 5.59.